The van der Waals surface area contributed by atoms with Crippen LogP contribution in [0.15, 0.2) is 18.2 Å². The van der Waals surface area contributed by atoms with Crippen LogP contribution in [0.25, 0.3) is 0 Å². The standard InChI is InChI=1S/C14H17NO4/c16-12(14(18)19)8-15-13(17)7-9-4-5-10-2-1-3-11(10)6-9/h4-6,12,16H,1-3,7-8H2,(H,15,17)(H,18,19). The van der Waals surface area contributed by atoms with Crippen LogP contribution in [0.4, 0.5) is 0 Å². The van der Waals surface area contributed by atoms with Crippen molar-refractivity contribution in [1.29, 1.82) is 0 Å². The van der Waals surface area contributed by atoms with E-state index in [1.807, 2.05) is 12.1 Å². The molecule has 1 unspecified atom stereocenters. The lowest BCUT2D eigenvalue weighted by Crippen LogP contribution is -2.37. The van der Waals surface area contributed by atoms with Gasteiger partial charge in [0.15, 0.2) is 6.10 Å². The van der Waals surface area contributed by atoms with E-state index in [-0.39, 0.29) is 18.9 Å². The number of carboxylic acids is 1. The normalized spacial score (nSPS) is 14.8. The number of fused-ring (bicyclic) bond motifs is 1. The molecule has 3 N–H and O–H groups in total. The van der Waals surface area contributed by atoms with Crippen LogP contribution in [0.1, 0.15) is 23.1 Å². The van der Waals surface area contributed by atoms with Crippen molar-refractivity contribution in [3.63, 3.8) is 0 Å². The maximum Gasteiger partial charge on any atom is 0.334 e. The monoisotopic (exact) mass is 263 g/mol. The SMILES string of the molecule is O=C(Cc1ccc2c(c1)CCC2)NCC(O)C(=O)O. The zero-order valence-corrected chi connectivity index (χ0v) is 10.6. The highest BCUT2D eigenvalue weighted by atomic mass is 16.4. The molecule has 1 aromatic carbocycles. The van der Waals surface area contributed by atoms with Crippen molar-refractivity contribution in [1.82, 2.24) is 5.32 Å². The molecule has 1 aliphatic rings. The van der Waals surface area contributed by atoms with Crippen LogP contribution in [0.3, 0.4) is 0 Å². The van der Waals surface area contributed by atoms with Crippen LogP contribution in [0.5, 0.6) is 0 Å². The second-order valence-corrected chi connectivity index (χ2v) is 4.79. The van der Waals surface area contributed by atoms with Crippen molar-refractivity contribution in [3.05, 3.63) is 34.9 Å². The van der Waals surface area contributed by atoms with Gasteiger partial charge in [-0.25, -0.2) is 4.79 Å². The third kappa shape index (κ3) is 3.54. The Morgan fingerprint density at radius 3 is 2.74 bits per heavy atom. The number of hydrogen-bond acceptors (Lipinski definition) is 3. The Kier molecular flexibility index (Phi) is 4.16. The average molecular weight is 263 g/mol. The molecule has 1 amide bonds. The van der Waals surface area contributed by atoms with E-state index in [1.165, 1.54) is 11.1 Å². The van der Waals surface area contributed by atoms with Crippen LogP contribution in [-0.2, 0) is 28.9 Å². The van der Waals surface area contributed by atoms with Gasteiger partial charge in [0.2, 0.25) is 5.91 Å². The number of nitrogens with one attached hydrogen (secondary N) is 1. The smallest absolute Gasteiger partial charge is 0.334 e. The van der Waals surface area contributed by atoms with E-state index in [9.17, 15) is 9.59 Å². The highest BCUT2D eigenvalue weighted by molar-refractivity contribution is 5.80. The number of benzene rings is 1. The van der Waals surface area contributed by atoms with Crippen molar-refractivity contribution in [2.24, 2.45) is 0 Å². The molecule has 1 aliphatic carbocycles. The van der Waals surface area contributed by atoms with Gasteiger partial charge in [0.25, 0.3) is 0 Å². The maximum absolute atomic E-state index is 11.6. The van der Waals surface area contributed by atoms with Gasteiger partial charge in [-0.05, 0) is 36.0 Å². The summed E-state index contributed by atoms with van der Waals surface area (Å²) in [6.07, 6.45) is 1.98. The Morgan fingerprint density at radius 2 is 2.00 bits per heavy atom. The first kappa shape index (κ1) is 13.5. The molecule has 0 fully saturated rings. The number of aliphatic carboxylic acids is 1. The van der Waals surface area contributed by atoms with Crippen LogP contribution < -0.4 is 5.32 Å². The summed E-state index contributed by atoms with van der Waals surface area (Å²) in [6, 6.07) is 6.02. The second-order valence-electron chi connectivity index (χ2n) is 4.79. The molecule has 0 radical (unpaired) electrons. The first-order valence-corrected chi connectivity index (χ1v) is 6.34. The third-order valence-electron chi connectivity index (χ3n) is 3.31. The molecule has 5 heteroatoms. The molecule has 0 aromatic heterocycles. The molecule has 0 spiro atoms. The number of hydrogen-bond donors (Lipinski definition) is 3. The number of carbonyl (C=O) groups is 2. The first-order valence-electron chi connectivity index (χ1n) is 6.34. The minimum Gasteiger partial charge on any atom is -0.479 e. The molecule has 1 aromatic rings. The second kappa shape index (κ2) is 5.84. The molecule has 1 atom stereocenters. The van der Waals surface area contributed by atoms with Crippen molar-refractivity contribution in [2.45, 2.75) is 31.8 Å². The van der Waals surface area contributed by atoms with Gasteiger partial charge in [0, 0.05) is 0 Å². The van der Waals surface area contributed by atoms with E-state index < -0.39 is 12.1 Å². The Morgan fingerprint density at radius 1 is 1.26 bits per heavy atom. The lowest BCUT2D eigenvalue weighted by molar-refractivity contribution is -0.146. The van der Waals surface area contributed by atoms with Gasteiger partial charge >= 0.3 is 5.97 Å². The molecule has 0 bridgehead atoms. The largest absolute Gasteiger partial charge is 0.479 e. The Labute approximate surface area is 111 Å². The van der Waals surface area contributed by atoms with Crippen LogP contribution in [0, 0.1) is 0 Å². The van der Waals surface area contributed by atoms with Gasteiger partial charge in [0.1, 0.15) is 0 Å². The van der Waals surface area contributed by atoms with E-state index in [0.717, 1.165) is 24.8 Å². The van der Waals surface area contributed by atoms with E-state index in [0.29, 0.717) is 0 Å². The summed E-state index contributed by atoms with van der Waals surface area (Å²) in [7, 11) is 0. The van der Waals surface area contributed by atoms with Gasteiger partial charge < -0.3 is 15.5 Å². The van der Waals surface area contributed by atoms with E-state index in [1.54, 1.807) is 0 Å². The molecule has 0 saturated heterocycles. The fraction of sp³-hybridized carbons (Fsp3) is 0.429. The van der Waals surface area contributed by atoms with Gasteiger partial charge in [-0.1, -0.05) is 18.2 Å². The summed E-state index contributed by atoms with van der Waals surface area (Å²) in [6.45, 7) is -0.265. The van der Waals surface area contributed by atoms with Crippen LogP contribution >= 0.6 is 0 Å². The van der Waals surface area contributed by atoms with Crippen molar-refractivity contribution >= 4 is 11.9 Å². The summed E-state index contributed by atoms with van der Waals surface area (Å²) in [4.78, 5) is 22.0. The quantitative estimate of drug-likeness (QED) is 0.712. The van der Waals surface area contributed by atoms with Gasteiger partial charge in [-0.2, -0.15) is 0 Å². The fourth-order valence-corrected chi connectivity index (χ4v) is 2.28. The zero-order valence-electron chi connectivity index (χ0n) is 10.6. The number of aliphatic hydroxyl groups is 1. The number of carbonyl (C=O) groups excluding carboxylic acids is 1. The van der Waals surface area contributed by atoms with E-state index in [2.05, 4.69) is 11.4 Å². The average Bonchev–Trinajstić information content (AvgIpc) is 2.83. The van der Waals surface area contributed by atoms with Crippen molar-refractivity contribution < 1.29 is 19.8 Å². The minimum absolute atomic E-state index is 0.208. The molecule has 0 aliphatic heterocycles. The van der Waals surface area contributed by atoms with E-state index >= 15 is 0 Å². The summed E-state index contributed by atoms with van der Waals surface area (Å²) in [5.74, 6) is -1.61. The minimum atomic E-state index is -1.55. The molecule has 0 heterocycles. The molecule has 0 saturated carbocycles. The first-order chi connectivity index (χ1) is 9.06. The zero-order chi connectivity index (χ0) is 13.8. The third-order valence-corrected chi connectivity index (χ3v) is 3.31. The Bertz CT molecular complexity index is 498. The van der Waals surface area contributed by atoms with Gasteiger partial charge in [-0.15, -0.1) is 0 Å². The lowest BCUT2D eigenvalue weighted by Gasteiger charge is -2.08. The fourth-order valence-electron chi connectivity index (χ4n) is 2.28. The summed E-state index contributed by atoms with van der Waals surface area (Å²) >= 11 is 0. The highest BCUT2D eigenvalue weighted by Gasteiger charge is 2.15. The van der Waals surface area contributed by atoms with Crippen molar-refractivity contribution in [3.8, 4) is 0 Å². The molecular formula is C14H17NO4. The maximum atomic E-state index is 11.6. The molecular weight excluding hydrogens is 246 g/mol. The highest BCUT2D eigenvalue weighted by Crippen LogP contribution is 2.22. The molecule has 2 rings (SSSR count). The topological polar surface area (TPSA) is 86.6 Å². The molecule has 5 nitrogen and oxygen atoms in total. The van der Waals surface area contributed by atoms with Crippen LogP contribution in [-0.4, -0.2) is 34.7 Å². The molecule has 19 heavy (non-hydrogen) atoms. The number of carboxylic acid groups (broad SMARTS) is 1. The predicted molar refractivity (Wildman–Crippen MR) is 68.8 cm³/mol. The van der Waals surface area contributed by atoms with Gasteiger partial charge in [-0.3, -0.25) is 4.79 Å². The lowest BCUT2D eigenvalue weighted by atomic mass is 10.0. The van der Waals surface area contributed by atoms with E-state index in [4.69, 9.17) is 10.2 Å². The Balaban J connectivity index is 1.87. The number of amides is 1. The number of aryl methyl sites for hydroxylation is 2. The van der Waals surface area contributed by atoms with Crippen LogP contribution in [0.2, 0.25) is 0 Å². The van der Waals surface area contributed by atoms with Gasteiger partial charge in [0.05, 0.1) is 13.0 Å². The number of rotatable bonds is 5. The summed E-state index contributed by atoms with van der Waals surface area (Å²) in [5.41, 5.74) is 3.57. The molecule has 102 valence electrons. The Hall–Kier alpha value is -1.88. The predicted octanol–water partition coefficient (Wildman–Crippen LogP) is 0.280. The summed E-state index contributed by atoms with van der Waals surface area (Å²) < 4.78 is 0. The summed E-state index contributed by atoms with van der Waals surface area (Å²) in [5, 5.41) is 20.0. The number of aliphatic hydroxyl groups excluding tert-OH is 1. The van der Waals surface area contributed by atoms with Crippen molar-refractivity contribution in [2.75, 3.05) is 6.54 Å².